The van der Waals surface area contributed by atoms with Gasteiger partial charge in [-0.2, -0.15) is 5.01 Å². The first-order chi connectivity index (χ1) is 16.0. The Morgan fingerprint density at radius 3 is 1.59 bits per heavy atom. The third-order valence-corrected chi connectivity index (χ3v) is 5.38. The summed E-state index contributed by atoms with van der Waals surface area (Å²) >= 11 is 0. The van der Waals surface area contributed by atoms with Crippen molar-refractivity contribution < 1.29 is 21.9 Å². The van der Waals surface area contributed by atoms with Gasteiger partial charge < -0.3 is 17.3 Å². The predicted molar refractivity (Wildman–Crippen MR) is 132 cm³/mol. The number of pyridine rings is 1. The summed E-state index contributed by atoms with van der Waals surface area (Å²) < 4.78 is 41.3. The summed E-state index contributed by atoms with van der Waals surface area (Å²) in [4.78, 5) is 0. The van der Waals surface area contributed by atoms with Gasteiger partial charge in [-0.15, -0.1) is 0 Å². The monoisotopic (exact) mass is 466 g/mol. The zero-order valence-electron chi connectivity index (χ0n) is 19.6. The molecule has 0 N–H and O–H groups in total. The van der Waals surface area contributed by atoms with E-state index < -0.39 is 7.25 Å². The minimum absolute atomic E-state index is 1.15. The molecule has 2 nitrogen and oxygen atoms in total. The lowest BCUT2D eigenvalue weighted by Gasteiger charge is -2.18. The van der Waals surface area contributed by atoms with E-state index in [1.807, 2.05) is 0 Å². The number of anilines is 1. The number of hydrogen-bond donors (Lipinski definition) is 0. The number of nitrogens with zero attached hydrogens (tertiary/aromatic N) is 2. The first kappa shape index (κ1) is 25.0. The average Bonchev–Trinajstić information content (AvgIpc) is 2.79. The summed E-state index contributed by atoms with van der Waals surface area (Å²) in [6.07, 6.45) is 0. The van der Waals surface area contributed by atoms with Crippen molar-refractivity contribution in [3.63, 3.8) is 0 Å². The second-order valence-corrected chi connectivity index (χ2v) is 8.17. The highest BCUT2D eigenvalue weighted by atomic mass is 19.5. The van der Waals surface area contributed by atoms with Gasteiger partial charge in [0.15, 0.2) is 0 Å². The smallest absolute Gasteiger partial charge is 0.418 e. The average molecular weight is 466 g/mol. The zero-order valence-corrected chi connectivity index (χ0v) is 19.6. The van der Waals surface area contributed by atoms with Gasteiger partial charge in [-0.1, -0.05) is 70.4 Å². The molecule has 7 heteroatoms. The fourth-order valence-electron chi connectivity index (χ4n) is 3.73. The molecule has 1 heterocycles. The van der Waals surface area contributed by atoms with Crippen LogP contribution in [0.5, 0.6) is 0 Å². The minimum Gasteiger partial charge on any atom is -0.418 e. The van der Waals surface area contributed by atoms with E-state index in [1.165, 1.54) is 39.2 Å². The van der Waals surface area contributed by atoms with E-state index in [9.17, 15) is 17.3 Å². The van der Waals surface area contributed by atoms with E-state index in [2.05, 4.69) is 128 Å². The van der Waals surface area contributed by atoms with Crippen LogP contribution in [0.1, 0.15) is 16.8 Å². The quantitative estimate of drug-likeness (QED) is 0.172. The van der Waals surface area contributed by atoms with Crippen LogP contribution in [0.15, 0.2) is 91.0 Å². The predicted octanol–water partition coefficient (Wildman–Crippen LogP) is 7.43. The van der Waals surface area contributed by atoms with Gasteiger partial charge in [-0.25, -0.2) is 0 Å². The number of aromatic nitrogens is 1. The molecule has 0 aliphatic rings. The van der Waals surface area contributed by atoms with Crippen LogP contribution in [-0.4, -0.2) is 14.3 Å². The Hall–Kier alpha value is -3.61. The molecule has 0 saturated heterocycles. The highest BCUT2D eigenvalue weighted by Gasteiger charge is 2.24. The topological polar surface area (TPSA) is 7.12 Å². The first-order valence-corrected chi connectivity index (χ1v) is 10.9. The molecular formula is C27H27BF4N2. The number of para-hydroxylation sites is 1. The van der Waals surface area contributed by atoms with Gasteiger partial charge in [-0.05, 0) is 49.2 Å². The van der Waals surface area contributed by atoms with Gasteiger partial charge in [0.25, 0.3) is 0 Å². The van der Waals surface area contributed by atoms with E-state index in [0.717, 1.165) is 5.69 Å². The molecule has 0 bridgehead atoms. The van der Waals surface area contributed by atoms with E-state index in [1.54, 1.807) is 0 Å². The molecule has 0 amide bonds. The number of halogens is 4. The molecule has 0 atom stereocenters. The largest absolute Gasteiger partial charge is 0.673 e. The van der Waals surface area contributed by atoms with Crippen molar-refractivity contribution in [3.8, 4) is 22.4 Å². The Morgan fingerprint density at radius 2 is 1.09 bits per heavy atom. The van der Waals surface area contributed by atoms with Gasteiger partial charge in [0.1, 0.15) is 0 Å². The highest BCUT2D eigenvalue weighted by Crippen LogP contribution is 2.26. The molecule has 4 aromatic rings. The van der Waals surface area contributed by atoms with E-state index >= 15 is 0 Å². The fraction of sp³-hybridized carbons (Fsp3) is 0.148. The summed E-state index contributed by atoms with van der Waals surface area (Å²) in [7, 11) is -3.88. The van der Waals surface area contributed by atoms with Crippen molar-refractivity contribution in [1.29, 1.82) is 0 Å². The van der Waals surface area contributed by atoms with Crippen molar-refractivity contribution in [2.45, 2.75) is 20.8 Å². The van der Waals surface area contributed by atoms with E-state index in [4.69, 9.17) is 0 Å². The normalized spacial score (nSPS) is 10.9. The molecule has 0 saturated carbocycles. The summed E-state index contributed by atoms with van der Waals surface area (Å²) in [6.45, 7) is 6.43. The number of hydrogen-bond acceptors (Lipinski definition) is 1. The van der Waals surface area contributed by atoms with Gasteiger partial charge in [0, 0.05) is 24.6 Å². The Balaban J connectivity index is 0.000000588. The molecule has 0 spiro atoms. The standard InChI is InChI=1S/C27H27N2.BF4/c1-20-10-14-23(15-11-20)25-18-22(3)29(28(4)26-8-6-5-7-9-26)27(19-25)24-16-12-21(2)13-17-24;2-1(3,4)5/h5-19H,1-4H3;/q+1;-1. The maximum absolute atomic E-state index is 9.75. The summed E-state index contributed by atoms with van der Waals surface area (Å²) in [5, 5.41) is 2.21. The summed E-state index contributed by atoms with van der Waals surface area (Å²) in [5.41, 5.74) is 9.73. The minimum atomic E-state index is -6.00. The molecule has 0 aliphatic heterocycles. The van der Waals surface area contributed by atoms with Crippen molar-refractivity contribution in [2.24, 2.45) is 0 Å². The summed E-state index contributed by atoms with van der Waals surface area (Å²) in [5.74, 6) is 0. The van der Waals surface area contributed by atoms with Crippen molar-refractivity contribution in [2.75, 3.05) is 12.1 Å². The third kappa shape index (κ3) is 6.70. The molecule has 0 unspecified atom stereocenters. The first-order valence-electron chi connectivity index (χ1n) is 10.9. The number of benzene rings is 3. The lowest BCUT2D eigenvalue weighted by Crippen LogP contribution is -2.55. The van der Waals surface area contributed by atoms with Gasteiger partial charge in [-0.3, -0.25) is 0 Å². The molecule has 3 aromatic carbocycles. The SMILES string of the molecule is Cc1ccc(-c2cc(C)[n+](N(C)c3ccccc3)c(-c3ccc(C)cc3)c2)cc1.F[B-](F)(F)F. The lowest BCUT2D eigenvalue weighted by molar-refractivity contribution is -0.676. The Kier molecular flexibility index (Phi) is 7.77. The van der Waals surface area contributed by atoms with Crippen LogP contribution in [0.4, 0.5) is 23.0 Å². The van der Waals surface area contributed by atoms with Crippen LogP contribution in [0.2, 0.25) is 0 Å². The van der Waals surface area contributed by atoms with Crippen LogP contribution in [0.25, 0.3) is 22.4 Å². The molecule has 1 aromatic heterocycles. The van der Waals surface area contributed by atoms with Crippen LogP contribution in [-0.2, 0) is 0 Å². The molecule has 4 rings (SSSR count). The molecule has 34 heavy (non-hydrogen) atoms. The van der Waals surface area contributed by atoms with Gasteiger partial charge in [0.05, 0.1) is 12.7 Å². The Labute approximate surface area is 198 Å². The van der Waals surface area contributed by atoms with Crippen molar-refractivity contribution in [1.82, 2.24) is 0 Å². The molecule has 0 radical (unpaired) electrons. The molecular weight excluding hydrogens is 439 g/mol. The van der Waals surface area contributed by atoms with Crippen LogP contribution in [0.3, 0.4) is 0 Å². The van der Waals surface area contributed by atoms with Gasteiger partial charge in [0.2, 0.25) is 11.4 Å². The molecule has 0 fully saturated rings. The van der Waals surface area contributed by atoms with Crippen LogP contribution < -0.4 is 9.69 Å². The van der Waals surface area contributed by atoms with Gasteiger partial charge >= 0.3 is 7.25 Å². The number of rotatable bonds is 4. The molecule has 176 valence electrons. The zero-order chi connectivity index (χ0) is 24.9. The maximum Gasteiger partial charge on any atom is 0.673 e. The lowest BCUT2D eigenvalue weighted by atomic mass is 10.0. The second kappa shape index (κ2) is 10.6. The second-order valence-electron chi connectivity index (χ2n) is 8.17. The summed E-state index contributed by atoms with van der Waals surface area (Å²) in [6, 6.07) is 32.6. The van der Waals surface area contributed by atoms with E-state index in [0.29, 0.717) is 0 Å². The van der Waals surface area contributed by atoms with Crippen molar-refractivity contribution >= 4 is 12.9 Å². The number of aryl methyl sites for hydroxylation is 3. The van der Waals surface area contributed by atoms with E-state index in [-0.39, 0.29) is 0 Å². The van der Waals surface area contributed by atoms with Crippen LogP contribution in [0, 0.1) is 20.8 Å². The fourth-order valence-corrected chi connectivity index (χ4v) is 3.73. The Morgan fingerprint density at radius 1 is 0.618 bits per heavy atom. The Bertz CT molecular complexity index is 1220. The van der Waals surface area contributed by atoms with Crippen molar-refractivity contribution in [3.05, 3.63) is 108 Å². The maximum atomic E-state index is 9.75. The van der Waals surface area contributed by atoms with Crippen LogP contribution >= 0.6 is 0 Å². The third-order valence-electron chi connectivity index (χ3n) is 5.38. The molecule has 0 aliphatic carbocycles. The highest BCUT2D eigenvalue weighted by molar-refractivity contribution is 6.50.